The summed E-state index contributed by atoms with van der Waals surface area (Å²) in [4.78, 5) is 22.1. The zero-order valence-electron chi connectivity index (χ0n) is 12.0. The van der Waals surface area contributed by atoms with Gasteiger partial charge in [-0.3, -0.25) is 4.79 Å². The van der Waals surface area contributed by atoms with Crippen LogP contribution in [0.2, 0.25) is 0 Å². The van der Waals surface area contributed by atoms with E-state index in [2.05, 4.69) is 16.9 Å². The van der Waals surface area contributed by atoms with Crippen LogP contribution in [-0.2, 0) is 4.74 Å². The third kappa shape index (κ3) is 3.66. The normalized spacial score (nSPS) is 18.9. The Morgan fingerprint density at radius 3 is 2.85 bits per heavy atom. The van der Waals surface area contributed by atoms with E-state index in [1.807, 2.05) is 4.90 Å². The Morgan fingerprint density at radius 1 is 1.45 bits per heavy atom. The summed E-state index contributed by atoms with van der Waals surface area (Å²) in [7, 11) is 1.50. The van der Waals surface area contributed by atoms with Gasteiger partial charge < -0.3 is 14.4 Å². The van der Waals surface area contributed by atoms with Gasteiger partial charge in [0.25, 0.3) is 5.91 Å². The molecule has 6 heteroatoms. The summed E-state index contributed by atoms with van der Waals surface area (Å²) >= 11 is 0. The number of nitrogens with zero attached hydrogens (tertiary/aromatic N) is 3. The molecule has 110 valence electrons. The Balaban J connectivity index is 1.96. The summed E-state index contributed by atoms with van der Waals surface area (Å²) in [5.74, 6) is -0.0440. The van der Waals surface area contributed by atoms with E-state index in [1.165, 1.54) is 19.5 Å². The molecule has 6 nitrogen and oxygen atoms in total. The lowest BCUT2D eigenvalue weighted by atomic mass is 10.1. The summed E-state index contributed by atoms with van der Waals surface area (Å²) in [6, 6.07) is 0.268. The number of aromatic nitrogens is 2. The van der Waals surface area contributed by atoms with E-state index in [0.29, 0.717) is 12.1 Å². The first-order valence-corrected chi connectivity index (χ1v) is 7.01. The van der Waals surface area contributed by atoms with E-state index < -0.39 is 0 Å². The van der Waals surface area contributed by atoms with Gasteiger partial charge in [-0.1, -0.05) is 6.92 Å². The number of likely N-dealkylation sites (tertiary alicyclic amines) is 1. The molecule has 0 aliphatic carbocycles. The van der Waals surface area contributed by atoms with Crippen molar-refractivity contribution in [3.8, 4) is 6.01 Å². The fourth-order valence-corrected chi connectivity index (χ4v) is 2.26. The number of amides is 1. The minimum atomic E-state index is -0.0440. The molecule has 1 fully saturated rings. The van der Waals surface area contributed by atoms with E-state index >= 15 is 0 Å². The van der Waals surface area contributed by atoms with Gasteiger partial charge in [0.1, 0.15) is 0 Å². The molecule has 2 rings (SSSR count). The van der Waals surface area contributed by atoms with Crippen LogP contribution < -0.4 is 4.74 Å². The van der Waals surface area contributed by atoms with E-state index in [-0.39, 0.29) is 18.0 Å². The summed E-state index contributed by atoms with van der Waals surface area (Å²) in [6.07, 6.45) is 6.14. The molecule has 0 radical (unpaired) electrons. The highest BCUT2D eigenvalue weighted by Crippen LogP contribution is 2.16. The van der Waals surface area contributed by atoms with Gasteiger partial charge in [-0.2, -0.15) is 0 Å². The standard InChI is InChI=1S/C14H21N3O3/c1-3-7-20-12-5-4-6-17(10-12)13(18)11-8-15-14(19-2)16-9-11/h8-9,12H,3-7,10H2,1-2H3/t12-/m1/s1. The number of hydrogen-bond acceptors (Lipinski definition) is 5. The van der Waals surface area contributed by atoms with Crippen LogP contribution in [0.5, 0.6) is 6.01 Å². The molecule has 0 saturated carbocycles. The lowest BCUT2D eigenvalue weighted by Crippen LogP contribution is -2.43. The molecule has 0 unspecified atom stereocenters. The molecule has 2 heterocycles. The van der Waals surface area contributed by atoms with E-state index in [1.54, 1.807) is 0 Å². The Bertz CT molecular complexity index is 436. The molecule has 0 N–H and O–H groups in total. The van der Waals surface area contributed by atoms with Gasteiger partial charge in [-0.15, -0.1) is 0 Å². The van der Waals surface area contributed by atoms with Crippen LogP contribution in [0.1, 0.15) is 36.5 Å². The zero-order valence-corrected chi connectivity index (χ0v) is 12.0. The maximum absolute atomic E-state index is 12.4. The van der Waals surface area contributed by atoms with Crippen LogP contribution in [0, 0.1) is 0 Å². The molecule has 0 aromatic carbocycles. The number of carbonyl (C=O) groups is 1. The number of ether oxygens (including phenoxy) is 2. The molecule has 1 aromatic rings. The summed E-state index contributed by atoms with van der Waals surface area (Å²) in [6.45, 7) is 4.24. The van der Waals surface area contributed by atoms with Gasteiger partial charge in [0.2, 0.25) is 0 Å². The predicted octanol–water partition coefficient (Wildman–Crippen LogP) is 1.52. The monoisotopic (exact) mass is 279 g/mol. The Morgan fingerprint density at radius 2 is 2.20 bits per heavy atom. The molecule has 1 saturated heterocycles. The van der Waals surface area contributed by atoms with Gasteiger partial charge in [-0.05, 0) is 19.3 Å². The largest absolute Gasteiger partial charge is 0.467 e. The SMILES string of the molecule is CCCO[C@@H]1CCCN(C(=O)c2cnc(OC)nc2)C1. The van der Waals surface area contributed by atoms with Crippen LogP contribution >= 0.6 is 0 Å². The van der Waals surface area contributed by atoms with Crippen LogP contribution in [0.25, 0.3) is 0 Å². The van der Waals surface area contributed by atoms with Crippen LogP contribution in [0.3, 0.4) is 0 Å². The maximum Gasteiger partial charge on any atom is 0.316 e. The Hall–Kier alpha value is -1.69. The fourth-order valence-electron chi connectivity index (χ4n) is 2.26. The molecule has 0 spiro atoms. The second-order valence-corrected chi connectivity index (χ2v) is 4.84. The van der Waals surface area contributed by atoms with Crippen molar-refractivity contribution in [2.45, 2.75) is 32.3 Å². The number of carbonyl (C=O) groups excluding carboxylic acids is 1. The third-order valence-corrected chi connectivity index (χ3v) is 3.28. The topological polar surface area (TPSA) is 64.5 Å². The first kappa shape index (κ1) is 14.7. The highest BCUT2D eigenvalue weighted by Gasteiger charge is 2.25. The summed E-state index contributed by atoms with van der Waals surface area (Å²) in [5, 5.41) is 0. The van der Waals surface area contributed by atoms with Crippen molar-refractivity contribution in [2.24, 2.45) is 0 Å². The molecular weight excluding hydrogens is 258 g/mol. The van der Waals surface area contributed by atoms with Gasteiger partial charge >= 0.3 is 6.01 Å². The van der Waals surface area contributed by atoms with Crippen LogP contribution in [0.4, 0.5) is 0 Å². The molecule has 0 bridgehead atoms. The highest BCUT2D eigenvalue weighted by atomic mass is 16.5. The maximum atomic E-state index is 12.4. The fraction of sp³-hybridized carbons (Fsp3) is 0.643. The number of piperidine rings is 1. The third-order valence-electron chi connectivity index (χ3n) is 3.28. The van der Waals surface area contributed by atoms with Crippen molar-refractivity contribution < 1.29 is 14.3 Å². The van der Waals surface area contributed by atoms with Crippen LogP contribution in [0.15, 0.2) is 12.4 Å². The van der Waals surface area contributed by atoms with Gasteiger partial charge in [0, 0.05) is 32.1 Å². The van der Waals surface area contributed by atoms with Crippen molar-refractivity contribution in [1.82, 2.24) is 14.9 Å². The number of rotatable bonds is 5. The molecule has 20 heavy (non-hydrogen) atoms. The van der Waals surface area contributed by atoms with E-state index in [4.69, 9.17) is 9.47 Å². The van der Waals surface area contributed by atoms with Crippen molar-refractivity contribution in [1.29, 1.82) is 0 Å². The van der Waals surface area contributed by atoms with Crippen LogP contribution in [-0.4, -0.2) is 53.7 Å². The average Bonchev–Trinajstić information content (AvgIpc) is 2.52. The molecular formula is C14H21N3O3. The quantitative estimate of drug-likeness (QED) is 0.817. The summed E-state index contributed by atoms with van der Waals surface area (Å²) < 4.78 is 10.6. The van der Waals surface area contributed by atoms with Crippen molar-refractivity contribution in [2.75, 3.05) is 26.8 Å². The Kier molecular flexibility index (Phi) is 5.29. The lowest BCUT2D eigenvalue weighted by Gasteiger charge is -2.32. The van der Waals surface area contributed by atoms with E-state index in [9.17, 15) is 4.79 Å². The second-order valence-electron chi connectivity index (χ2n) is 4.84. The molecule has 1 atom stereocenters. The second kappa shape index (κ2) is 7.19. The average molecular weight is 279 g/mol. The first-order chi connectivity index (χ1) is 9.74. The van der Waals surface area contributed by atoms with Crippen molar-refractivity contribution >= 4 is 5.91 Å². The van der Waals surface area contributed by atoms with Gasteiger partial charge in [0.05, 0.1) is 18.8 Å². The van der Waals surface area contributed by atoms with E-state index in [0.717, 1.165) is 32.4 Å². The first-order valence-electron chi connectivity index (χ1n) is 7.01. The molecule has 1 aliphatic heterocycles. The number of methoxy groups -OCH3 is 1. The minimum absolute atomic E-state index is 0.0440. The van der Waals surface area contributed by atoms with Gasteiger partial charge in [0.15, 0.2) is 0 Å². The molecule has 1 amide bonds. The van der Waals surface area contributed by atoms with Crippen molar-refractivity contribution in [3.63, 3.8) is 0 Å². The minimum Gasteiger partial charge on any atom is -0.467 e. The van der Waals surface area contributed by atoms with Gasteiger partial charge in [-0.25, -0.2) is 9.97 Å². The van der Waals surface area contributed by atoms with Crippen molar-refractivity contribution in [3.05, 3.63) is 18.0 Å². The summed E-state index contributed by atoms with van der Waals surface area (Å²) in [5.41, 5.74) is 0.488. The lowest BCUT2D eigenvalue weighted by molar-refractivity contribution is 0.00208. The highest BCUT2D eigenvalue weighted by molar-refractivity contribution is 5.93. The Labute approximate surface area is 119 Å². The molecule has 1 aliphatic rings. The smallest absolute Gasteiger partial charge is 0.316 e. The zero-order chi connectivity index (χ0) is 14.4. The predicted molar refractivity (Wildman–Crippen MR) is 73.8 cm³/mol. The molecule has 1 aromatic heterocycles. The number of hydrogen-bond donors (Lipinski definition) is 0.